The van der Waals surface area contributed by atoms with Crippen molar-refractivity contribution in [1.82, 2.24) is 0 Å². The molecule has 1 saturated heterocycles. The predicted molar refractivity (Wildman–Crippen MR) is 119 cm³/mol. The third-order valence-electron chi connectivity index (χ3n) is 5.50. The van der Waals surface area contributed by atoms with Gasteiger partial charge in [-0.05, 0) is 60.5 Å². The van der Waals surface area contributed by atoms with Crippen LogP contribution in [0.5, 0.6) is 0 Å². The van der Waals surface area contributed by atoms with Gasteiger partial charge in [-0.3, -0.25) is 14.5 Å². The lowest BCUT2D eigenvalue weighted by Crippen LogP contribution is -2.30. The Morgan fingerprint density at radius 1 is 0.970 bits per heavy atom. The zero-order valence-corrected chi connectivity index (χ0v) is 18.0. The molecule has 1 aliphatic heterocycles. The maximum Gasteiger partial charge on any atom is 0.416 e. The number of aryl methyl sites for hydroxylation is 1. The second-order valence-electron chi connectivity index (χ2n) is 7.58. The SMILES string of the molecule is Cc1ccccc1C1/C(=C(\O)c2ccc(Cl)cc2)C(=O)C(=O)N1c1cccc(C(F)(F)F)c1. The minimum atomic E-state index is -4.63. The molecule has 1 atom stereocenters. The van der Waals surface area contributed by atoms with Crippen LogP contribution in [0.1, 0.15) is 28.3 Å². The quantitative estimate of drug-likeness (QED) is 0.277. The average molecular weight is 472 g/mol. The fourth-order valence-electron chi connectivity index (χ4n) is 3.88. The molecule has 3 aromatic rings. The number of carbonyl (C=O) groups is 2. The summed E-state index contributed by atoms with van der Waals surface area (Å²) in [5.41, 5.74) is 0.181. The van der Waals surface area contributed by atoms with Gasteiger partial charge in [0.2, 0.25) is 0 Å². The van der Waals surface area contributed by atoms with Gasteiger partial charge in [0.15, 0.2) is 0 Å². The summed E-state index contributed by atoms with van der Waals surface area (Å²) in [6.45, 7) is 1.75. The van der Waals surface area contributed by atoms with E-state index in [1.165, 1.54) is 36.4 Å². The monoisotopic (exact) mass is 471 g/mol. The Morgan fingerprint density at radius 3 is 2.27 bits per heavy atom. The van der Waals surface area contributed by atoms with Crippen LogP contribution in [-0.2, 0) is 15.8 Å². The van der Waals surface area contributed by atoms with Gasteiger partial charge in [0.1, 0.15) is 5.76 Å². The lowest BCUT2D eigenvalue weighted by Gasteiger charge is -2.27. The van der Waals surface area contributed by atoms with Crippen LogP contribution >= 0.6 is 11.6 Å². The van der Waals surface area contributed by atoms with Crippen LogP contribution in [-0.4, -0.2) is 16.8 Å². The summed E-state index contributed by atoms with van der Waals surface area (Å²) in [5.74, 6) is -2.46. The van der Waals surface area contributed by atoms with Crippen molar-refractivity contribution in [2.45, 2.75) is 19.1 Å². The van der Waals surface area contributed by atoms with E-state index in [4.69, 9.17) is 11.6 Å². The van der Waals surface area contributed by atoms with E-state index in [0.717, 1.165) is 17.0 Å². The van der Waals surface area contributed by atoms with Gasteiger partial charge in [0, 0.05) is 16.3 Å². The molecule has 33 heavy (non-hydrogen) atoms. The van der Waals surface area contributed by atoms with Crippen molar-refractivity contribution in [3.05, 3.63) is 106 Å². The molecule has 3 aromatic carbocycles. The van der Waals surface area contributed by atoms with E-state index in [1.54, 1.807) is 31.2 Å². The maximum atomic E-state index is 13.3. The number of ketones is 1. The molecule has 1 fully saturated rings. The highest BCUT2D eigenvalue weighted by Gasteiger charge is 2.47. The van der Waals surface area contributed by atoms with Crippen molar-refractivity contribution in [2.75, 3.05) is 4.90 Å². The number of halogens is 4. The molecule has 0 bridgehead atoms. The van der Waals surface area contributed by atoms with E-state index in [9.17, 15) is 27.9 Å². The second-order valence-corrected chi connectivity index (χ2v) is 8.02. The van der Waals surface area contributed by atoms with Gasteiger partial charge in [0.25, 0.3) is 11.7 Å². The standard InChI is InChI=1S/C25H17ClF3NO3/c1-14-5-2-3-8-19(14)21-20(22(31)15-9-11-17(26)12-10-15)23(32)24(33)30(21)18-7-4-6-16(13-18)25(27,28)29/h2-13,21,31H,1H3/b22-20+. The van der Waals surface area contributed by atoms with Crippen molar-refractivity contribution in [2.24, 2.45) is 0 Å². The van der Waals surface area contributed by atoms with E-state index in [2.05, 4.69) is 0 Å². The van der Waals surface area contributed by atoms with Gasteiger partial charge in [-0.2, -0.15) is 13.2 Å². The number of benzene rings is 3. The topological polar surface area (TPSA) is 57.6 Å². The number of nitrogens with zero attached hydrogens (tertiary/aromatic N) is 1. The first-order chi connectivity index (χ1) is 15.6. The molecule has 168 valence electrons. The van der Waals surface area contributed by atoms with Crippen LogP contribution in [0.25, 0.3) is 5.76 Å². The molecule has 0 aromatic heterocycles. The summed E-state index contributed by atoms with van der Waals surface area (Å²) >= 11 is 5.91. The zero-order chi connectivity index (χ0) is 23.9. The van der Waals surface area contributed by atoms with E-state index < -0.39 is 35.2 Å². The minimum Gasteiger partial charge on any atom is -0.507 e. The number of hydrogen-bond donors (Lipinski definition) is 1. The largest absolute Gasteiger partial charge is 0.507 e. The van der Waals surface area contributed by atoms with Crippen molar-refractivity contribution in [3.63, 3.8) is 0 Å². The molecule has 0 spiro atoms. The van der Waals surface area contributed by atoms with E-state index >= 15 is 0 Å². The number of amides is 1. The van der Waals surface area contributed by atoms with Crippen LogP contribution in [0.3, 0.4) is 0 Å². The molecular weight excluding hydrogens is 455 g/mol. The molecule has 0 aliphatic carbocycles. The number of anilines is 1. The smallest absolute Gasteiger partial charge is 0.416 e. The Morgan fingerprint density at radius 2 is 1.64 bits per heavy atom. The Hall–Kier alpha value is -3.58. The summed E-state index contributed by atoms with van der Waals surface area (Å²) < 4.78 is 40.0. The summed E-state index contributed by atoms with van der Waals surface area (Å²) in [6.07, 6.45) is -4.63. The molecule has 1 N–H and O–H groups in total. The van der Waals surface area contributed by atoms with E-state index in [0.29, 0.717) is 16.1 Å². The highest BCUT2D eigenvalue weighted by atomic mass is 35.5. The Labute approximate surface area is 192 Å². The third kappa shape index (κ3) is 4.12. The predicted octanol–water partition coefficient (Wildman–Crippen LogP) is 6.29. The van der Waals surface area contributed by atoms with Crippen LogP contribution in [0.15, 0.2) is 78.4 Å². The summed E-state index contributed by atoms with van der Waals surface area (Å²) in [5, 5.41) is 11.4. The fraction of sp³-hybridized carbons (Fsp3) is 0.120. The first-order valence-electron chi connectivity index (χ1n) is 9.89. The van der Waals surface area contributed by atoms with Crippen LogP contribution in [0, 0.1) is 6.92 Å². The van der Waals surface area contributed by atoms with Crippen molar-refractivity contribution in [3.8, 4) is 0 Å². The number of hydrogen-bond acceptors (Lipinski definition) is 3. The third-order valence-corrected chi connectivity index (χ3v) is 5.75. The maximum absolute atomic E-state index is 13.3. The number of aliphatic hydroxyl groups is 1. The molecule has 0 saturated carbocycles. The summed E-state index contributed by atoms with van der Waals surface area (Å²) in [6, 6.07) is 16.0. The van der Waals surface area contributed by atoms with Crippen LogP contribution < -0.4 is 4.90 Å². The van der Waals surface area contributed by atoms with Gasteiger partial charge in [-0.15, -0.1) is 0 Å². The van der Waals surface area contributed by atoms with Crippen molar-refractivity contribution in [1.29, 1.82) is 0 Å². The Bertz CT molecular complexity index is 1280. The van der Waals surface area contributed by atoms with Crippen molar-refractivity contribution >= 4 is 34.7 Å². The molecule has 8 heteroatoms. The average Bonchev–Trinajstić information content (AvgIpc) is 3.04. The summed E-state index contributed by atoms with van der Waals surface area (Å²) in [4.78, 5) is 27.2. The summed E-state index contributed by atoms with van der Waals surface area (Å²) in [7, 11) is 0. The highest BCUT2D eigenvalue weighted by molar-refractivity contribution is 6.51. The number of carbonyl (C=O) groups excluding carboxylic acids is 2. The van der Waals surface area contributed by atoms with Crippen LogP contribution in [0.4, 0.5) is 18.9 Å². The minimum absolute atomic E-state index is 0.102. The highest BCUT2D eigenvalue weighted by Crippen LogP contribution is 2.44. The Balaban J connectivity index is 1.97. The van der Waals surface area contributed by atoms with Gasteiger partial charge >= 0.3 is 6.18 Å². The van der Waals surface area contributed by atoms with Gasteiger partial charge in [0.05, 0.1) is 17.2 Å². The van der Waals surface area contributed by atoms with Gasteiger partial charge < -0.3 is 5.11 Å². The molecular formula is C25H17ClF3NO3. The molecule has 1 aliphatic rings. The Kier molecular flexibility index (Phi) is 5.76. The fourth-order valence-corrected chi connectivity index (χ4v) is 4.01. The van der Waals surface area contributed by atoms with E-state index in [-0.39, 0.29) is 16.8 Å². The number of aliphatic hydroxyl groups excluding tert-OH is 1. The lowest BCUT2D eigenvalue weighted by atomic mass is 9.92. The normalized spacial score (nSPS) is 18.1. The van der Waals surface area contributed by atoms with Crippen molar-refractivity contribution < 1.29 is 27.9 Å². The molecule has 4 rings (SSSR count). The van der Waals surface area contributed by atoms with Gasteiger partial charge in [-0.1, -0.05) is 41.9 Å². The second kappa shape index (κ2) is 8.41. The first-order valence-corrected chi connectivity index (χ1v) is 10.3. The number of rotatable bonds is 3. The van der Waals surface area contributed by atoms with Crippen LogP contribution in [0.2, 0.25) is 5.02 Å². The molecule has 1 amide bonds. The molecule has 4 nitrogen and oxygen atoms in total. The molecule has 0 radical (unpaired) electrons. The zero-order valence-electron chi connectivity index (χ0n) is 17.2. The molecule has 1 heterocycles. The number of Topliss-reactive ketones (excluding diaryl/α,β-unsaturated/α-hetero) is 1. The van der Waals surface area contributed by atoms with Gasteiger partial charge in [-0.25, -0.2) is 0 Å². The first kappa shape index (κ1) is 22.6. The lowest BCUT2D eigenvalue weighted by molar-refractivity contribution is -0.137. The molecule has 1 unspecified atom stereocenters. The number of alkyl halides is 3. The van der Waals surface area contributed by atoms with E-state index in [1.807, 2.05) is 0 Å².